The zero-order valence-electron chi connectivity index (χ0n) is 12.4. The summed E-state index contributed by atoms with van der Waals surface area (Å²) in [5.74, 6) is 6.22. The quantitative estimate of drug-likeness (QED) is 0.632. The van der Waals surface area contributed by atoms with Crippen LogP contribution in [0.4, 0.5) is 4.39 Å². The van der Waals surface area contributed by atoms with Crippen LogP contribution in [0.2, 0.25) is 0 Å². The molecule has 0 aromatic heterocycles. The van der Waals surface area contributed by atoms with Crippen molar-refractivity contribution in [2.45, 2.75) is 26.3 Å². The van der Waals surface area contributed by atoms with Gasteiger partial charge in [-0.25, -0.2) is 9.82 Å². The van der Waals surface area contributed by atoms with Crippen LogP contribution < -0.4 is 16.0 Å². The molecule has 0 saturated heterocycles. The molecule has 21 heavy (non-hydrogen) atoms. The number of rotatable bonds is 6. The normalized spacial score (nSPS) is 12.2. The summed E-state index contributed by atoms with van der Waals surface area (Å²) in [4.78, 5) is 0. The summed E-state index contributed by atoms with van der Waals surface area (Å²) >= 11 is 0. The molecule has 0 aliphatic rings. The van der Waals surface area contributed by atoms with E-state index in [0.29, 0.717) is 6.61 Å². The van der Waals surface area contributed by atoms with Crippen molar-refractivity contribution in [1.82, 2.24) is 5.43 Å². The van der Waals surface area contributed by atoms with Crippen molar-refractivity contribution in [1.29, 1.82) is 0 Å². The van der Waals surface area contributed by atoms with E-state index in [1.807, 2.05) is 31.2 Å². The molecule has 0 bridgehead atoms. The van der Waals surface area contributed by atoms with Gasteiger partial charge in [0.05, 0.1) is 12.6 Å². The lowest BCUT2D eigenvalue weighted by molar-refractivity contribution is 0.311. The zero-order valence-corrected chi connectivity index (χ0v) is 12.4. The van der Waals surface area contributed by atoms with Crippen LogP contribution in [0.3, 0.4) is 0 Å². The lowest BCUT2D eigenvalue weighted by Gasteiger charge is -2.22. The molecule has 2 aromatic carbocycles. The molecular formula is C17H21FN2O. The van der Waals surface area contributed by atoms with Crippen LogP contribution in [-0.4, -0.2) is 6.61 Å². The van der Waals surface area contributed by atoms with E-state index in [4.69, 9.17) is 10.6 Å². The summed E-state index contributed by atoms with van der Waals surface area (Å²) in [7, 11) is 0. The Balaban J connectivity index is 2.44. The first kappa shape index (κ1) is 15.5. The van der Waals surface area contributed by atoms with Gasteiger partial charge in [-0.2, -0.15) is 0 Å². The third-order valence-electron chi connectivity index (χ3n) is 3.41. The smallest absolute Gasteiger partial charge is 0.124 e. The highest BCUT2D eigenvalue weighted by Crippen LogP contribution is 2.31. The molecule has 2 rings (SSSR count). The van der Waals surface area contributed by atoms with E-state index in [9.17, 15) is 4.39 Å². The van der Waals surface area contributed by atoms with Crippen LogP contribution in [0.1, 0.15) is 36.1 Å². The molecule has 1 atom stereocenters. The summed E-state index contributed by atoms with van der Waals surface area (Å²) in [6, 6.07) is 12.1. The highest BCUT2D eigenvalue weighted by molar-refractivity contribution is 5.44. The van der Waals surface area contributed by atoms with Crippen LogP contribution in [0.15, 0.2) is 42.5 Å². The number of para-hydroxylation sites is 1. The van der Waals surface area contributed by atoms with Crippen molar-refractivity contribution in [2.75, 3.05) is 6.61 Å². The summed E-state index contributed by atoms with van der Waals surface area (Å²) in [5, 5.41) is 0. The Morgan fingerprint density at radius 1 is 1.19 bits per heavy atom. The van der Waals surface area contributed by atoms with Crippen LogP contribution in [0.5, 0.6) is 5.75 Å². The fourth-order valence-corrected chi connectivity index (χ4v) is 2.33. The van der Waals surface area contributed by atoms with E-state index in [2.05, 4.69) is 12.3 Å². The molecule has 3 nitrogen and oxygen atoms in total. The Labute approximate surface area is 124 Å². The van der Waals surface area contributed by atoms with E-state index in [1.54, 1.807) is 6.07 Å². The number of aryl methyl sites for hydroxylation is 1. The molecular weight excluding hydrogens is 267 g/mol. The van der Waals surface area contributed by atoms with Crippen LogP contribution in [0, 0.1) is 12.7 Å². The predicted octanol–water partition coefficient (Wildman–Crippen LogP) is 3.48. The Hall–Kier alpha value is -1.91. The Morgan fingerprint density at radius 2 is 1.95 bits per heavy atom. The zero-order chi connectivity index (χ0) is 15.2. The number of hydrogen-bond acceptors (Lipinski definition) is 3. The second kappa shape index (κ2) is 7.20. The molecule has 0 amide bonds. The van der Waals surface area contributed by atoms with Gasteiger partial charge in [-0.3, -0.25) is 5.84 Å². The lowest BCUT2D eigenvalue weighted by atomic mass is 9.94. The molecule has 0 heterocycles. The maximum absolute atomic E-state index is 13.6. The third kappa shape index (κ3) is 3.60. The third-order valence-corrected chi connectivity index (χ3v) is 3.41. The van der Waals surface area contributed by atoms with Crippen molar-refractivity contribution in [3.63, 3.8) is 0 Å². The minimum absolute atomic E-state index is 0.275. The molecule has 0 saturated carbocycles. The maximum Gasteiger partial charge on any atom is 0.124 e. The summed E-state index contributed by atoms with van der Waals surface area (Å²) in [6.07, 6.45) is 0.925. The summed E-state index contributed by atoms with van der Waals surface area (Å²) in [5.41, 5.74) is 5.46. The molecule has 0 aliphatic carbocycles. The molecule has 112 valence electrons. The molecule has 0 spiro atoms. The topological polar surface area (TPSA) is 47.3 Å². The molecule has 2 aromatic rings. The van der Waals surface area contributed by atoms with Gasteiger partial charge in [-0.05, 0) is 42.7 Å². The van der Waals surface area contributed by atoms with Gasteiger partial charge in [-0.15, -0.1) is 0 Å². The molecule has 3 N–H and O–H groups in total. The predicted molar refractivity (Wildman–Crippen MR) is 82.5 cm³/mol. The monoisotopic (exact) mass is 288 g/mol. The van der Waals surface area contributed by atoms with E-state index >= 15 is 0 Å². The van der Waals surface area contributed by atoms with Gasteiger partial charge in [0.15, 0.2) is 0 Å². The number of nitrogens with two attached hydrogens (primary N) is 1. The number of hydrazine groups is 1. The van der Waals surface area contributed by atoms with Crippen molar-refractivity contribution in [2.24, 2.45) is 5.84 Å². The van der Waals surface area contributed by atoms with E-state index in [0.717, 1.165) is 28.9 Å². The Bertz CT molecular complexity index is 601. The number of hydrogen-bond donors (Lipinski definition) is 2. The Kier molecular flexibility index (Phi) is 5.31. The number of benzene rings is 2. The van der Waals surface area contributed by atoms with Crippen molar-refractivity contribution < 1.29 is 9.13 Å². The van der Waals surface area contributed by atoms with Crippen molar-refractivity contribution in [3.05, 3.63) is 65.0 Å². The summed E-state index contributed by atoms with van der Waals surface area (Å²) < 4.78 is 19.3. The molecule has 4 heteroatoms. The molecule has 0 radical (unpaired) electrons. The minimum Gasteiger partial charge on any atom is -0.493 e. The average Bonchev–Trinajstić information content (AvgIpc) is 2.50. The number of halogens is 1. The first-order chi connectivity index (χ1) is 10.2. The second-order valence-corrected chi connectivity index (χ2v) is 4.99. The largest absolute Gasteiger partial charge is 0.493 e. The van der Waals surface area contributed by atoms with Gasteiger partial charge in [0.1, 0.15) is 11.6 Å². The molecule has 0 aliphatic heterocycles. The standard InChI is InChI=1S/C17H21FN2O/c1-3-10-21-16-7-5-4-6-14(16)17(20-19)15-11-13(18)9-8-12(15)2/h4-9,11,17,20H,3,10,19H2,1-2H3. The maximum atomic E-state index is 13.6. The van der Waals surface area contributed by atoms with Crippen LogP contribution in [0.25, 0.3) is 0 Å². The van der Waals surface area contributed by atoms with Crippen LogP contribution >= 0.6 is 0 Å². The van der Waals surface area contributed by atoms with Gasteiger partial charge in [0, 0.05) is 5.56 Å². The SMILES string of the molecule is CCCOc1ccccc1C(NN)c1cc(F)ccc1C. The molecule has 0 fully saturated rings. The molecule has 1 unspecified atom stereocenters. The second-order valence-electron chi connectivity index (χ2n) is 4.99. The van der Waals surface area contributed by atoms with E-state index in [1.165, 1.54) is 12.1 Å². The van der Waals surface area contributed by atoms with Gasteiger partial charge in [0.25, 0.3) is 0 Å². The minimum atomic E-state index is -0.311. The highest BCUT2D eigenvalue weighted by Gasteiger charge is 2.19. The van der Waals surface area contributed by atoms with Crippen LogP contribution in [-0.2, 0) is 0 Å². The van der Waals surface area contributed by atoms with E-state index in [-0.39, 0.29) is 11.9 Å². The fourth-order valence-electron chi connectivity index (χ4n) is 2.33. The highest BCUT2D eigenvalue weighted by atomic mass is 19.1. The van der Waals surface area contributed by atoms with Crippen molar-refractivity contribution in [3.8, 4) is 5.75 Å². The Morgan fingerprint density at radius 3 is 2.67 bits per heavy atom. The first-order valence-corrected chi connectivity index (χ1v) is 7.11. The fraction of sp³-hybridized carbons (Fsp3) is 0.294. The number of nitrogens with one attached hydrogen (secondary N) is 1. The van der Waals surface area contributed by atoms with Gasteiger partial charge >= 0.3 is 0 Å². The first-order valence-electron chi connectivity index (χ1n) is 7.11. The van der Waals surface area contributed by atoms with Gasteiger partial charge in [0.2, 0.25) is 0 Å². The van der Waals surface area contributed by atoms with Gasteiger partial charge < -0.3 is 4.74 Å². The van der Waals surface area contributed by atoms with Gasteiger partial charge in [-0.1, -0.05) is 31.2 Å². The van der Waals surface area contributed by atoms with E-state index < -0.39 is 0 Å². The number of ether oxygens (including phenoxy) is 1. The van der Waals surface area contributed by atoms with Crippen molar-refractivity contribution >= 4 is 0 Å². The summed E-state index contributed by atoms with van der Waals surface area (Å²) in [6.45, 7) is 4.63. The lowest BCUT2D eigenvalue weighted by Crippen LogP contribution is -2.30. The average molecular weight is 288 g/mol.